The predicted octanol–water partition coefficient (Wildman–Crippen LogP) is 5.95. The maximum Gasteiger partial charge on any atom is 0.229 e. The number of nitrogens with zero attached hydrogens (tertiary/aromatic N) is 1. The molecule has 1 aliphatic heterocycles. The Balaban J connectivity index is 1.69. The maximum absolute atomic E-state index is 13.6. The van der Waals surface area contributed by atoms with Crippen LogP contribution in [-0.4, -0.2) is 26.0 Å². The molecule has 182 valence electrons. The van der Waals surface area contributed by atoms with Crippen molar-refractivity contribution < 1.29 is 19.1 Å². The van der Waals surface area contributed by atoms with Crippen LogP contribution in [0.2, 0.25) is 0 Å². The first-order chi connectivity index (χ1) is 16.9. The van der Waals surface area contributed by atoms with Crippen molar-refractivity contribution in [2.75, 3.05) is 24.4 Å². The highest BCUT2D eigenvalue weighted by atomic mass is 16.5. The fraction of sp³-hybridized carbons (Fsp3) is 0.310. The Morgan fingerprint density at radius 2 is 1.46 bits per heavy atom. The Hall–Kier alpha value is -3.80. The van der Waals surface area contributed by atoms with Gasteiger partial charge in [0, 0.05) is 17.8 Å². The first-order valence-electron chi connectivity index (χ1n) is 11.9. The van der Waals surface area contributed by atoms with Crippen molar-refractivity contribution in [3.63, 3.8) is 0 Å². The van der Waals surface area contributed by atoms with Crippen LogP contribution in [-0.2, 0) is 9.59 Å². The number of carbonyl (C=O) groups excluding carboxylic acids is 2. The highest BCUT2D eigenvalue weighted by Gasteiger charge is 2.41. The molecule has 6 nitrogen and oxygen atoms in total. The molecular weight excluding hydrogens is 440 g/mol. The van der Waals surface area contributed by atoms with Gasteiger partial charge in [0.05, 0.1) is 26.2 Å². The molecule has 1 aliphatic rings. The molecule has 1 fully saturated rings. The summed E-state index contributed by atoms with van der Waals surface area (Å²) in [5.74, 6) is 1.31. The maximum atomic E-state index is 13.6. The summed E-state index contributed by atoms with van der Waals surface area (Å²) in [5.41, 5.74) is 3.58. The molecule has 0 saturated carbocycles. The van der Waals surface area contributed by atoms with E-state index >= 15 is 0 Å². The minimum absolute atomic E-state index is 0.0127. The lowest BCUT2D eigenvalue weighted by molar-refractivity contribution is -0.125. The van der Waals surface area contributed by atoms with Gasteiger partial charge in [0.1, 0.15) is 11.5 Å². The first-order valence-corrected chi connectivity index (χ1v) is 11.9. The van der Waals surface area contributed by atoms with Gasteiger partial charge in [-0.05, 0) is 72.0 Å². The van der Waals surface area contributed by atoms with E-state index < -0.39 is 12.0 Å². The topological polar surface area (TPSA) is 67.9 Å². The van der Waals surface area contributed by atoms with Crippen LogP contribution in [0, 0.1) is 5.92 Å². The third-order valence-corrected chi connectivity index (χ3v) is 6.59. The van der Waals surface area contributed by atoms with Crippen molar-refractivity contribution in [3.8, 4) is 11.5 Å². The molecule has 6 heteroatoms. The Morgan fingerprint density at radius 3 is 2.00 bits per heavy atom. The second kappa shape index (κ2) is 10.6. The smallest absolute Gasteiger partial charge is 0.229 e. The van der Waals surface area contributed by atoms with E-state index in [1.54, 1.807) is 19.1 Å². The zero-order valence-corrected chi connectivity index (χ0v) is 20.7. The molecule has 2 unspecified atom stereocenters. The number of hydrogen-bond acceptors (Lipinski definition) is 4. The Kier molecular flexibility index (Phi) is 7.39. The van der Waals surface area contributed by atoms with E-state index in [4.69, 9.17) is 9.47 Å². The third-order valence-electron chi connectivity index (χ3n) is 6.59. The number of anilines is 2. The summed E-state index contributed by atoms with van der Waals surface area (Å²) in [6.07, 6.45) is 0.765. The van der Waals surface area contributed by atoms with Crippen molar-refractivity contribution in [1.29, 1.82) is 0 Å². The van der Waals surface area contributed by atoms with E-state index in [1.165, 1.54) is 5.56 Å². The second-order valence-corrected chi connectivity index (χ2v) is 9.09. The zero-order valence-electron chi connectivity index (χ0n) is 20.7. The highest BCUT2D eigenvalue weighted by molar-refractivity contribution is 6.00. The van der Waals surface area contributed by atoms with Crippen molar-refractivity contribution in [3.05, 3.63) is 83.9 Å². The summed E-state index contributed by atoms with van der Waals surface area (Å²) in [7, 11) is 3.22. The van der Waals surface area contributed by atoms with Crippen molar-refractivity contribution in [1.82, 2.24) is 0 Å². The zero-order chi connectivity index (χ0) is 24.9. The number of methoxy groups -OCH3 is 2. The second-order valence-electron chi connectivity index (χ2n) is 9.09. The minimum Gasteiger partial charge on any atom is -0.497 e. The monoisotopic (exact) mass is 472 g/mol. The predicted molar refractivity (Wildman–Crippen MR) is 138 cm³/mol. The number of rotatable bonds is 7. The first kappa shape index (κ1) is 24.3. The molecule has 3 aromatic rings. The molecule has 35 heavy (non-hydrogen) atoms. The van der Waals surface area contributed by atoms with E-state index in [0.29, 0.717) is 24.5 Å². The van der Waals surface area contributed by atoms with Crippen LogP contribution in [0.15, 0.2) is 72.8 Å². The largest absolute Gasteiger partial charge is 0.497 e. The van der Waals surface area contributed by atoms with Gasteiger partial charge >= 0.3 is 0 Å². The van der Waals surface area contributed by atoms with Crippen LogP contribution < -0.4 is 19.7 Å². The van der Waals surface area contributed by atoms with Crippen LogP contribution in [0.5, 0.6) is 11.5 Å². The number of amides is 2. The van der Waals surface area contributed by atoms with E-state index in [1.807, 2.05) is 72.8 Å². The van der Waals surface area contributed by atoms with Gasteiger partial charge in [0.15, 0.2) is 0 Å². The fourth-order valence-corrected chi connectivity index (χ4v) is 4.58. The van der Waals surface area contributed by atoms with Gasteiger partial charge in [0.2, 0.25) is 11.8 Å². The fourth-order valence-electron chi connectivity index (χ4n) is 4.58. The molecule has 3 aromatic carbocycles. The molecule has 4 rings (SSSR count). The van der Waals surface area contributed by atoms with E-state index in [-0.39, 0.29) is 11.8 Å². The number of carbonyl (C=O) groups is 2. The SMILES string of the molecule is COc1ccc(C2C(C(=O)Nc3ccc(C(C)C)cc3)CCC(=O)N2c2ccc(OC)cc2)cc1. The molecule has 2 atom stereocenters. The van der Waals surface area contributed by atoms with Gasteiger partial charge < -0.3 is 19.7 Å². The standard InChI is InChI=1S/C29H32N2O4/c1-19(2)20-5-9-22(10-6-20)30-29(33)26-17-18-27(32)31(23-11-15-25(35-4)16-12-23)28(26)21-7-13-24(34-3)14-8-21/h5-16,19,26,28H,17-18H2,1-4H3,(H,30,33). The van der Waals surface area contributed by atoms with E-state index in [9.17, 15) is 9.59 Å². The lowest BCUT2D eigenvalue weighted by Crippen LogP contribution is -2.46. The van der Waals surface area contributed by atoms with Gasteiger partial charge in [-0.2, -0.15) is 0 Å². The highest BCUT2D eigenvalue weighted by Crippen LogP contribution is 2.41. The summed E-state index contributed by atoms with van der Waals surface area (Å²) < 4.78 is 10.6. The minimum atomic E-state index is -0.453. The van der Waals surface area contributed by atoms with Crippen LogP contribution in [0.1, 0.15) is 49.8 Å². The van der Waals surface area contributed by atoms with Gasteiger partial charge in [-0.3, -0.25) is 9.59 Å². The molecule has 0 aromatic heterocycles. The van der Waals surface area contributed by atoms with Gasteiger partial charge in [-0.1, -0.05) is 38.1 Å². The summed E-state index contributed by atoms with van der Waals surface area (Å²) in [5, 5.41) is 3.08. The van der Waals surface area contributed by atoms with Gasteiger partial charge in [0.25, 0.3) is 0 Å². The molecule has 1 N–H and O–H groups in total. The molecule has 0 radical (unpaired) electrons. The average molecular weight is 473 g/mol. The number of piperidine rings is 1. The molecule has 0 aliphatic carbocycles. The van der Waals surface area contributed by atoms with Crippen LogP contribution >= 0.6 is 0 Å². The Morgan fingerprint density at radius 1 is 0.886 bits per heavy atom. The third kappa shape index (κ3) is 5.32. The molecule has 2 amide bonds. The molecule has 1 heterocycles. The molecule has 1 saturated heterocycles. The molecule has 0 bridgehead atoms. The Bertz CT molecular complexity index is 1150. The van der Waals surface area contributed by atoms with Crippen molar-refractivity contribution in [2.45, 2.75) is 38.6 Å². The molecule has 0 spiro atoms. The van der Waals surface area contributed by atoms with Crippen molar-refractivity contribution in [2.24, 2.45) is 5.92 Å². The summed E-state index contributed by atoms with van der Waals surface area (Å²) >= 11 is 0. The summed E-state index contributed by atoms with van der Waals surface area (Å²) in [6, 6.07) is 22.4. The van der Waals surface area contributed by atoms with Crippen LogP contribution in [0.25, 0.3) is 0 Å². The number of benzene rings is 3. The summed E-state index contributed by atoms with van der Waals surface area (Å²) in [6.45, 7) is 4.28. The normalized spacial score (nSPS) is 17.9. The lowest BCUT2D eigenvalue weighted by Gasteiger charge is -2.41. The Labute approximate surface area is 206 Å². The summed E-state index contributed by atoms with van der Waals surface area (Å²) in [4.78, 5) is 28.6. The van der Waals surface area contributed by atoms with E-state index in [2.05, 4.69) is 19.2 Å². The number of nitrogens with one attached hydrogen (secondary N) is 1. The van der Waals surface area contributed by atoms with Gasteiger partial charge in [-0.15, -0.1) is 0 Å². The van der Waals surface area contributed by atoms with Gasteiger partial charge in [-0.25, -0.2) is 0 Å². The van der Waals surface area contributed by atoms with Crippen LogP contribution in [0.3, 0.4) is 0 Å². The number of ether oxygens (including phenoxy) is 2. The average Bonchev–Trinajstić information content (AvgIpc) is 2.89. The van der Waals surface area contributed by atoms with E-state index in [0.717, 1.165) is 22.7 Å². The quantitative estimate of drug-likeness (QED) is 0.461. The van der Waals surface area contributed by atoms with Crippen molar-refractivity contribution >= 4 is 23.2 Å². The van der Waals surface area contributed by atoms with Crippen LogP contribution in [0.4, 0.5) is 11.4 Å². The molecular formula is C29H32N2O4. The number of hydrogen-bond donors (Lipinski definition) is 1. The lowest BCUT2D eigenvalue weighted by atomic mass is 9.83.